The maximum atomic E-state index is 14.4. The van der Waals surface area contributed by atoms with Crippen LogP contribution in [0.3, 0.4) is 0 Å². The molecule has 6 heteroatoms. The van der Waals surface area contributed by atoms with Crippen LogP contribution in [-0.4, -0.2) is 29.6 Å². The Bertz CT molecular complexity index is 1140. The summed E-state index contributed by atoms with van der Waals surface area (Å²) in [4.78, 5) is 52.7. The van der Waals surface area contributed by atoms with E-state index in [9.17, 15) is 19.2 Å². The van der Waals surface area contributed by atoms with Crippen LogP contribution in [0.5, 0.6) is 0 Å². The number of carbonyl (C=O) groups excluding carboxylic acids is 4. The Morgan fingerprint density at radius 3 is 2.19 bits per heavy atom. The molecule has 2 saturated carbocycles. The highest BCUT2D eigenvalue weighted by Crippen LogP contribution is 2.71. The monoisotopic (exact) mass is 496 g/mol. The molecule has 4 aliphatic rings. The molecule has 6 atom stereocenters. The van der Waals surface area contributed by atoms with E-state index < -0.39 is 39.7 Å². The van der Waals surface area contributed by atoms with E-state index in [0.29, 0.717) is 36.0 Å². The molecule has 0 N–H and O–H groups in total. The maximum Gasteiger partial charge on any atom is 0.308 e. The average molecular weight is 497 g/mol. The molecule has 0 aromatic heterocycles. The minimum Gasteiger partial charge on any atom is -0.462 e. The van der Waals surface area contributed by atoms with Gasteiger partial charge in [-0.3, -0.25) is 19.2 Å². The molecule has 0 unspecified atom stereocenters. The van der Waals surface area contributed by atoms with Gasteiger partial charge in [0.15, 0.2) is 11.5 Å². The van der Waals surface area contributed by atoms with Gasteiger partial charge in [-0.05, 0) is 48.5 Å². The Hall–Kier alpha value is -2.50. The van der Waals surface area contributed by atoms with Gasteiger partial charge in [-0.1, -0.05) is 47.6 Å². The highest BCUT2D eigenvalue weighted by molar-refractivity contribution is 6.18. The van der Waals surface area contributed by atoms with E-state index in [0.717, 1.165) is 12.8 Å². The van der Waals surface area contributed by atoms with Crippen LogP contribution in [0.15, 0.2) is 35.1 Å². The second-order valence-corrected chi connectivity index (χ2v) is 12.7. The van der Waals surface area contributed by atoms with Gasteiger partial charge in [-0.25, -0.2) is 0 Å². The standard InChI is InChI=1S/C30H40O6/c1-10-16(2)19-11-14-29(8)23-22(20(33)15-30(19,29)9)28(7)13-12-21(35-17(3)31)27(5,6)26(28)25(24(23)34)36-18(4)32/h10,16,19,21H,1,11-15H2,2-9H3/t16-,19-,21-,28+,29+,30+/m0/s1. The molecule has 0 bridgehead atoms. The second-order valence-electron chi connectivity index (χ2n) is 12.7. The zero-order valence-corrected chi connectivity index (χ0v) is 23.0. The summed E-state index contributed by atoms with van der Waals surface area (Å²) < 4.78 is 11.4. The predicted octanol–water partition coefficient (Wildman–Crippen LogP) is 5.66. The first-order chi connectivity index (χ1) is 16.6. The number of hydrogen-bond donors (Lipinski definition) is 0. The van der Waals surface area contributed by atoms with E-state index in [2.05, 4.69) is 27.4 Å². The fourth-order valence-corrected chi connectivity index (χ4v) is 8.43. The highest BCUT2D eigenvalue weighted by Gasteiger charge is 2.67. The van der Waals surface area contributed by atoms with E-state index in [4.69, 9.17) is 9.47 Å². The first kappa shape index (κ1) is 26.6. The van der Waals surface area contributed by atoms with Crippen LogP contribution in [0, 0.1) is 33.5 Å². The lowest BCUT2D eigenvalue weighted by molar-refractivity contribution is -0.155. The minimum atomic E-state index is -0.810. The van der Waals surface area contributed by atoms with E-state index in [1.54, 1.807) is 0 Å². The highest BCUT2D eigenvalue weighted by atomic mass is 16.5. The number of hydrogen-bond acceptors (Lipinski definition) is 6. The zero-order valence-electron chi connectivity index (χ0n) is 23.0. The maximum absolute atomic E-state index is 14.4. The van der Waals surface area contributed by atoms with Crippen molar-refractivity contribution in [2.24, 2.45) is 33.5 Å². The summed E-state index contributed by atoms with van der Waals surface area (Å²) in [5.41, 5.74) is -0.838. The number of Topliss-reactive ketones (excluding diaryl/α,β-unsaturated/α-hetero) is 2. The summed E-state index contributed by atoms with van der Waals surface area (Å²) >= 11 is 0. The van der Waals surface area contributed by atoms with Crippen LogP contribution in [0.25, 0.3) is 0 Å². The van der Waals surface area contributed by atoms with Crippen molar-refractivity contribution in [1.82, 2.24) is 0 Å². The minimum absolute atomic E-state index is 0.00472. The number of esters is 2. The smallest absolute Gasteiger partial charge is 0.308 e. The fraction of sp³-hybridized carbons (Fsp3) is 0.667. The van der Waals surface area contributed by atoms with Crippen molar-refractivity contribution >= 4 is 23.5 Å². The zero-order chi connectivity index (χ0) is 27.0. The molecule has 196 valence electrons. The number of rotatable bonds is 4. The summed E-state index contributed by atoms with van der Waals surface area (Å²) in [5, 5.41) is 0. The molecule has 0 heterocycles. The second kappa shape index (κ2) is 8.26. The lowest BCUT2D eigenvalue weighted by Crippen LogP contribution is -2.56. The van der Waals surface area contributed by atoms with Crippen LogP contribution in [-0.2, 0) is 28.7 Å². The molecule has 36 heavy (non-hydrogen) atoms. The van der Waals surface area contributed by atoms with Crippen LogP contribution in [0.4, 0.5) is 0 Å². The van der Waals surface area contributed by atoms with E-state index in [1.807, 2.05) is 26.8 Å². The molecule has 0 aromatic carbocycles. The molecule has 0 spiro atoms. The van der Waals surface area contributed by atoms with Gasteiger partial charge in [0.25, 0.3) is 0 Å². The van der Waals surface area contributed by atoms with Crippen molar-refractivity contribution in [3.8, 4) is 0 Å². The van der Waals surface area contributed by atoms with E-state index in [1.165, 1.54) is 13.8 Å². The topological polar surface area (TPSA) is 86.7 Å². The van der Waals surface area contributed by atoms with E-state index in [-0.39, 0.29) is 29.2 Å². The van der Waals surface area contributed by atoms with Crippen LogP contribution < -0.4 is 0 Å². The van der Waals surface area contributed by atoms with Gasteiger partial charge in [0.2, 0.25) is 5.78 Å². The van der Waals surface area contributed by atoms with Gasteiger partial charge >= 0.3 is 11.9 Å². The molecule has 0 radical (unpaired) electrons. The quantitative estimate of drug-likeness (QED) is 0.369. The van der Waals surface area contributed by atoms with Gasteiger partial charge in [0.05, 0.1) is 0 Å². The SMILES string of the molecule is C=C[C@H](C)[C@@H]1CC[C@]2(C)C3=C(C(=O)C[C@]12C)[C@@]1(C)CC[C@H](OC(C)=O)C(C)(C)C1=C(OC(C)=O)C3=O. The lowest BCUT2D eigenvalue weighted by Gasteiger charge is -2.58. The molecule has 4 aliphatic carbocycles. The molecule has 0 aromatic rings. The predicted molar refractivity (Wildman–Crippen MR) is 135 cm³/mol. The molecule has 0 saturated heterocycles. The Morgan fingerprint density at radius 1 is 1.00 bits per heavy atom. The molecule has 0 amide bonds. The third kappa shape index (κ3) is 3.35. The number of ether oxygens (including phenoxy) is 2. The first-order valence-corrected chi connectivity index (χ1v) is 13.1. The fourth-order valence-electron chi connectivity index (χ4n) is 8.43. The van der Waals surface area contributed by atoms with Crippen molar-refractivity contribution in [2.45, 2.75) is 93.6 Å². The van der Waals surface area contributed by atoms with Crippen molar-refractivity contribution in [3.63, 3.8) is 0 Å². The normalized spacial score (nSPS) is 38.1. The summed E-state index contributed by atoms with van der Waals surface area (Å²) in [6.45, 7) is 18.9. The third-order valence-corrected chi connectivity index (χ3v) is 10.3. The summed E-state index contributed by atoms with van der Waals surface area (Å²) in [6.07, 6.45) is 4.56. The summed E-state index contributed by atoms with van der Waals surface area (Å²) in [6, 6.07) is 0. The van der Waals surface area contributed by atoms with Gasteiger partial charge in [-0.15, -0.1) is 6.58 Å². The summed E-state index contributed by atoms with van der Waals surface area (Å²) in [7, 11) is 0. The van der Waals surface area contributed by atoms with Crippen molar-refractivity contribution in [1.29, 1.82) is 0 Å². The number of ketones is 2. The van der Waals surface area contributed by atoms with Crippen molar-refractivity contribution in [2.75, 3.05) is 0 Å². The van der Waals surface area contributed by atoms with Gasteiger partial charge in [0, 0.05) is 47.7 Å². The Morgan fingerprint density at radius 2 is 1.64 bits per heavy atom. The van der Waals surface area contributed by atoms with E-state index >= 15 is 0 Å². The molecular weight excluding hydrogens is 456 g/mol. The van der Waals surface area contributed by atoms with Gasteiger partial charge in [-0.2, -0.15) is 0 Å². The molecule has 0 aliphatic heterocycles. The Balaban J connectivity index is 1.98. The van der Waals surface area contributed by atoms with Gasteiger partial charge < -0.3 is 9.47 Å². The third-order valence-electron chi connectivity index (χ3n) is 10.3. The molecular formula is C30H40O6. The van der Waals surface area contributed by atoms with Crippen LogP contribution in [0.2, 0.25) is 0 Å². The largest absolute Gasteiger partial charge is 0.462 e. The average Bonchev–Trinajstić information content (AvgIpc) is 3.02. The van der Waals surface area contributed by atoms with Crippen molar-refractivity contribution < 1.29 is 28.7 Å². The van der Waals surface area contributed by atoms with Gasteiger partial charge in [0.1, 0.15) is 6.10 Å². The number of fused-ring (bicyclic) bond motifs is 4. The number of carbonyl (C=O) groups is 4. The van der Waals surface area contributed by atoms with Crippen LogP contribution >= 0.6 is 0 Å². The number of allylic oxidation sites excluding steroid dienone is 3. The van der Waals surface area contributed by atoms with Crippen LogP contribution in [0.1, 0.15) is 87.5 Å². The molecule has 6 nitrogen and oxygen atoms in total. The van der Waals surface area contributed by atoms with Crippen molar-refractivity contribution in [3.05, 3.63) is 35.1 Å². The molecule has 4 rings (SSSR count). The molecule has 2 fully saturated rings. The first-order valence-electron chi connectivity index (χ1n) is 13.1. The summed E-state index contributed by atoms with van der Waals surface area (Å²) in [5.74, 6) is -0.899. The Kier molecular flexibility index (Phi) is 6.09. The Labute approximate surface area is 214 Å². The lowest BCUT2D eigenvalue weighted by atomic mass is 9.45.